The molecular formula is C15H13NO4. The van der Waals surface area contributed by atoms with Crippen molar-refractivity contribution in [1.82, 2.24) is 0 Å². The number of benzene rings is 2. The molecule has 1 aliphatic rings. The quantitative estimate of drug-likeness (QED) is 0.744. The van der Waals surface area contributed by atoms with Gasteiger partial charge in [-0.2, -0.15) is 0 Å². The summed E-state index contributed by atoms with van der Waals surface area (Å²) in [5.74, 6) is 0.310. The van der Waals surface area contributed by atoms with E-state index in [1.807, 2.05) is 6.92 Å². The number of fused-ring (bicyclic) bond motifs is 1. The number of rotatable bonds is 1. The van der Waals surface area contributed by atoms with Gasteiger partial charge in [0, 0.05) is 17.7 Å². The van der Waals surface area contributed by atoms with Crippen molar-refractivity contribution >= 4 is 11.4 Å². The summed E-state index contributed by atoms with van der Waals surface area (Å²) < 4.78 is 5.68. The van der Waals surface area contributed by atoms with Crippen LogP contribution in [-0.4, -0.2) is 27.1 Å². The largest absolute Gasteiger partial charge is 0.508 e. The van der Waals surface area contributed by atoms with Gasteiger partial charge in [-0.05, 0) is 31.2 Å². The predicted octanol–water partition coefficient (Wildman–Crippen LogP) is 2.71. The summed E-state index contributed by atoms with van der Waals surface area (Å²) in [4.78, 5) is 4.42. The molecule has 5 heteroatoms. The second kappa shape index (κ2) is 4.45. The minimum absolute atomic E-state index is 0.0725. The third-order valence-electron chi connectivity index (χ3n) is 3.12. The van der Waals surface area contributed by atoms with E-state index in [1.165, 1.54) is 12.1 Å². The maximum atomic E-state index is 9.85. The molecule has 0 saturated carbocycles. The first-order chi connectivity index (χ1) is 9.54. The van der Waals surface area contributed by atoms with Crippen molar-refractivity contribution in [3.05, 3.63) is 42.0 Å². The van der Waals surface area contributed by atoms with E-state index in [-0.39, 0.29) is 23.4 Å². The highest BCUT2D eigenvalue weighted by Gasteiger charge is 2.24. The highest BCUT2D eigenvalue weighted by atomic mass is 16.5. The van der Waals surface area contributed by atoms with Gasteiger partial charge in [0.05, 0.1) is 5.71 Å². The molecule has 0 spiro atoms. The third kappa shape index (κ3) is 2.03. The van der Waals surface area contributed by atoms with Crippen LogP contribution in [0.25, 0.3) is 0 Å². The lowest BCUT2D eigenvalue weighted by Gasteiger charge is -2.24. The van der Waals surface area contributed by atoms with E-state index in [0.717, 1.165) is 5.56 Å². The van der Waals surface area contributed by atoms with Crippen LogP contribution in [0.5, 0.6) is 23.0 Å². The number of aliphatic imine (C=N–C) groups is 1. The fourth-order valence-electron chi connectivity index (χ4n) is 2.17. The van der Waals surface area contributed by atoms with Gasteiger partial charge in [-0.3, -0.25) is 0 Å². The molecule has 0 aliphatic carbocycles. The zero-order valence-corrected chi connectivity index (χ0v) is 10.7. The van der Waals surface area contributed by atoms with Crippen molar-refractivity contribution in [2.45, 2.75) is 13.0 Å². The van der Waals surface area contributed by atoms with Crippen LogP contribution < -0.4 is 4.74 Å². The molecule has 5 nitrogen and oxygen atoms in total. The monoisotopic (exact) mass is 271 g/mol. The van der Waals surface area contributed by atoms with E-state index in [9.17, 15) is 15.3 Å². The van der Waals surface area contributed by atoms with Gasteiger partial charge in [-0.15, -0.1) is 0 Å². The first-order valence-electron chi connectivity index (χ1n) is 6.15. The first-order valence-corrected chi connectivity index (χ1v) is 6.15. The zero-order valence-electron chi connectivity index (χ0n) is 10.7. The SMILES string of the molecule is C[C@H]1Oc2cc(O)cc(O)c2N=C1c1ccc(O)cc1. The van der Waals surface area contributed by atoms with Crippen LogP contribution >= 0.6 is 0 Å². The minimum atomic E-state index is -0.326. The molecule has 3 N–H and O–H groups in total. The number of hydrogen-bond donors (Lipinski definition) is 3. The Morgan fingerprint density at radius 1 is 1.00 bits per heavy atom. The summed E-state index contributed by atoms with van der Waals surface area (Å²) in [5, 5.41) is 28.6. The van der Waals surface area contributed by atoms with Crippen LogP contribution in [0.3, 0.4) is 0 Å². The molecule has 2 aromatic carbocycles. The summed E-state index contributed by atoms with van der Waals surface area (Å²) >= 11 is 0. The molecule has 1 aliphatic heterocycles. The van der Waals surface area contributed by atoms with Gasteiger partial charge in [-0.1, -0.05) is 0 Å². The van der Waals surface area contributed by atoms with E-state index in [4.69, 9.17) is 4.74 Å². The van der Waals surface area contributed by atoms with Crippen molar-refractivity contribution in [2.75, 3.05) is 0 Å². The molecule has 0 amide bonds. The van der Waals surface area contributed by atoms with Gasteiger partial charge < -0.3 is 20.1 Å². The van der Waals surface area contributed by atoms with E-state index in [1.54, 1.807) is 24.3 Å². The fraction of sp³-hybridized carbons (Fsp3) is 0.133. The average Bonchev–Trinajstić information content (AvgIpc) is 2.39. The number of phenolic OH excluding ortho intramolecular Hbond substituents is 3. The number of nitrogens with zero attached hydrogens (tertiary/aromatic N) is 1. The van der Waals surface area contributed by atoms with Gasteiger partial charge in [-0.25, -0.2) is 4.99 Å². The second-order valence-electron chi connectivity index (χ2n) is 4.62. The molecular weight excluding hydrogens is 258 g/mol. The number of hydrogen-bond acceptors (Lipinski definition) is 5. The summed E-state index contributed by atoms with van der Waals surface area (Å²) in [5.41, 5.74) is 1.75. The normalized spacial score (nSPS) is 17.1. The van der Waals surface area contributed by atoms with E-state index < -0.39 is 0 Å². The van der Waals surface area contributed by atoms with Crippen molar-refractivity contribution in [3.8, 4) is 23.0 Å². The van der Waals surface area contributed by atoms with Crippen LogP contribution in [-0.2, 0) is 0 Å². The van der Waals surface area contributed by atoms with Crippen LogP contribution in [0, 0.1) is 0 Å². The Morgan fingerprint density at radius 2 is 1.70 bits per heavy atom. The molecule has 102 valence electrons. The predicted molar refractivity (Wildman–Crippen MR) is 74.2 cm³/mol. The van der Waals surface area contributed by atoms with E-state index >= 15 is 0 Å². The molecule has 3 rings (SSSR count). The molecule has 2 aromatic rings. The van der Waals surface area contributed by atoms with Gasteiger partial charge in [0.25, 0.3) is 0 Å². The second-order valence-corrected chi connectivity index (χ2v) is 4.62. The third-order valence-corrected chi connectivity index (χ3v) is 3.12. The lowest BCUT2D eigenvalue weighted by molar-refractivity contribution is 0.280. The zero-order chi connectivity index (χ0) is 14.3. The molecule has 0 aromatic heterocycles. The Kier molecular flexibility index (Phi) is 2.75. The highest BCUT2D eigenvalue weighted by Crippen LogP contribution is 2.43. The molecule has 20 heavy (non-hydrogen) atoms. The number of phenols is 3. The number of ether oxygens (including phenoxy) is 1. The van der Waals surface area contributed by atoms with E-state index in [2.05, 4.69) is 4.99 Å². The lowest BCUT2D eigenvalue weighted by atomic mass is 10.0. The maximum Gasteiger partial charge on any atom is 0.153 e. The highest BCUT2D eigenvalue weighted by molar-refractivity contribution is 6.06. The molecule has 0 bridgehead atoms. The van der Waals surface area contributed by atoms with Gasteiger partial charge in [0.15, 0.2) is 5.75 Å². The lowest BCUT2D eigenvalue weighted by Crippen LogP contribution is -2.27. The van der Waals surface area contributed by atoms with Crippen LogP contribution in [0.15, 0.2) is 41.4 Å². The topological polar surface area (TPSA) is 82.3 Å². The molecule has 0 unspecified atom stereocenters. The average molecular weight is 271 g/mol. The summed E-state index contributed by atoms with van der Waals surface area (Å²) in [6.07, 6.45) is -0.326. The number of aromatic hydroxyl groups is 3. The first kappa shape index (κ1) is 12.3. The summed E-state index contributed by atoms with van der Waals surface area (Å²) in [7, 11) is 0. The molecule has 1 atom stereocenters. The van der Waals surface area contributed by atoms with Crippen molar-refractivity contribution in [1.29, 1.82) is 0 Å². The maximum absolute atomic E-state index is 9.85. The van der Waals surface area contributed by atoms with Crippen LogP contribution in [0.2, 0.25) is 0 Å². The van der Waals surface area contributed by atoms with Gasteiger partial charge >= 0.3 is 0 Å². The van der Waals surface area contributed by atoms with Crippen molar-refractivity contribution in [2.24, 2.45) is 4.99 Å². The van der Waals surface area contributed by atoms with Crippen LogP contribution in [0.4, 0.5) is 5.69 Å². The van der Waals surface area contributed by atoms with Crippen molar-refractivity contribution < 1.29 is 20.1 Å². The fourth-order valence-corrected chi connectivity index (χ4v) is 2.17. The summed E-state index contributed by atoms with van der Waals surface area (Å²) in [6.45, 7) is 1.83. The Bertz CT molecular complexity index is 692. The summed E-state index contributed by atoms with van der Waals surface area (Å²) in [6, 6.07) is 9.24. The van der Waals surface area contributed by atoms with Gasteiger partial charge in [0.2, 0.25) is 0 Å². The molecule has 1 heterocycles. The van der Waals surface area contributed by atoms with E-state index in [0.29, 0.717) is 17.1 Å². The van der Waals surface area contributed by atoms with Crippen LogP contribution in [0.1, 0.15) is 12.5 Å². The Hall–Kier alpha value is -2.69. The Morgan fingerprint density at radius 3 is 2.40 bits per heavy atom. The Labute approximate surface area is 115 Å². The van der Waals surface area contributed by atoms with Gasteiger partial charge in [0.1, 0.15) is 29.0 Å². The Balaban J connectivity index is 2.12. The molecule has 0 radical (unpaired) electrons. The smallest absolute Gasteiger partial charge is 0.153 e. The molecule has 0 saturated heterocycles. The van der Waals surface area contributed by atoms with Crippen molar-refractivity contribution in [3.63, 3.8) is 0 Å². The molecule has 0 fully saturated rings. The minimum Gasteiger partial charge on any atom is -0.508 e. The standard InChI is InChI=1S/C15H13NO4/c1-8-14(9-2-4-10(17)5-3-9)16-15-12(19)6-11(18)7-13(15)20-8/h2-8,17-19H,1H3/t8-/m1/s1.